The molecule has 7 nitrogen and oxygen atoms in total. The number of rotatable bonds is 9. The molecule has 1 amide bonds. The molecule has 1 aromatic carbocycles. The molecule has 23 heavy (non-hydrogen) atoms. The van der Waals surface area contributed by atoms with Gasteiger partial charge in [0.05, 0.1) is 19.1 Å². The Morgan fingerprint density at radius 1 is 1.26 bits per heavy atom. The van der Waals surface area contributed by atoms with Crippen LogP contribution in [0.3, 0.4) is 0 Å². The molecule has 0 aliphatic heterocycles. The van der Waals surface area contributed by atoms with Crippen LogP contribution in [-0.4, -0.2) is 66.3 Å². The number of hydrogen-bond donors (Lipinski definition) is 1. The minimum Gasteiger partial charge on any atom is -0.497 e. The molecule has 0 spiro atoms. The van der Waals surface area contributed by atoms with Gasteiger partial charge in [-0.15, -0.1) is 0 Å². The fraction of sp³-hybridized carbons (Fsp3) is 0.533. The van der Waals surface area contributed by atoms with Crippen molar-refractivity contribution >= 4 is 21.6 Å². The normalized spacial score (nSPS) is 11.3. The van der Waals surface area contributed by atoms with Gasteiger partial charge >= 0.3 is 0 Å². The highest BCUT2D eigenvalue weighted by Crippen LogP contribution is 2.23. The number of methoxy groups -OCH3 is 1. The van der Waals surface area contributed by atoms with Crippen molar-refractivity contribution < 1.29 is 17.9 Å². The molecular weight excluding hydrogens is 318 g/mol. The summed E-state index contributed by atoms with van der Waals surface area (Å²) in [6.45, 7) is 1.35. The van der Waals surface area contributed by atoms with E-state index in [1.807, 2.05) is 19.0 Å². The van der Waals surface area contributed by atoms with Crippen LogP contribution in [0, 0.1) is 0 Å². The number of nitrogens with zero attached hydrogens (tertiary/aromatic N) is 2. The molecule has 0 radical (unpaired) electrons. The third kappa shape index (κ3) is 6.87. The van der Waals surface area contributed by atoms with E-state index in [0.29, 0.717) is 18.0 Å². The van der Waals surface area contributed by atoms with Crippen LogP contribution in [-0.2, 0) is 14.8 Å². The number of carbonyl (C=O) groups excluding carboxylic acids is 1. The van der Waals surface area contributed by atoms with Crippen molar-refractivity contribution in [1.82, 2.24) is 10.2 Å². The maximum absolute atomic E-state index is 12.0. The third-order valence-corrected chi connectivity index (χ3v) is 4.36. The summed E-state index contributed by atoms with van der Waals surface area (Å²) in [6, 6.07) is 6.75. The van der Waals surface area contributed by atoms with Crippen molar-refractivity contribution in [2.24, 2.45) is 0 Å². The van der Waals surface area contributed by atoms with E-state index in [2.05, 4.69) is 5.32 Å². The summed E-state index contributed by atoms with van der Waals surface area (Å²) < 4.78 is 30.3. The highest BCUT2D eigenvalue weighted by atomic mass is 32.2. The Kier molecular flexibility index (Phi) is 7.31. The summed E-state index contributed by atoms with van der Waals surface area (Å²) in [6.07, 6.45) is 1.22. The van der Waals surface area contributed by atoms with Gasteiger partial charge in [-0.3, -0.25) is 9.10 Å². The van der Waals surface area contributed by atoms with E-state index in [4.69, 9.17) is 4.74 Å². The fourth-order valence-electron chi connectivity index (χ4n) is 1.96. The maximum Gasteiger partial charge on any atom is 0.232 e. The molecule has 130 valence electrons. The SMILES string of the molecule is COc1cccc(N(CCC(=O)NCCN(C)C)S(C)(=O)=O)c1. The van der Waals surface area contributed by atoms with Crippen LogP contribution < -0.4 is 14.4 Å². The lowest BCUT2D eigenvalue weighted by molar-refractivity contribution is -0.120. The average Bonchev–Trinajstić information content (AvgIpc) is 2.46. The van der Waals surface area contributed by atoms with Gasteiger partial charge < -0.3 is 15.0 Å². The van der Waals surface area contributed by atoms with E-state index >= 15 is 0 Å². The van der Waals surface area contributed by atoms with Gasteiger partial charge in [0.15, 0.2) is 0 Å². The summed E-state index contributed by atoms with van der Waals surface area (Å²) in [5.41, 5.74) is 0.480. The van der Waals surface area contributed by atoms with E-state index in [9.17, 15) is 13.2 Å². The molecule has 0 unspecified atom stereocenters. The van der Waals surface area contributed by atoms with Crippen molar-refractivity contribution in [2.45, 2.75) is 6.42 Å². The Labute approximate surface area is 138 Å². The summed E-state index contributed by atoms with van der Waals surface area (Å²) in [7, 11) is 1.87. The second kappa shape index (κ2) is 8.73. The Balaban J connectivity index is 2.71. The predicted molar refractivity (Wildman–Crippen MR) is 91.4 cm³/mol. The molecule has 0 aromatic heterocycles. The lowest BCUT2D eigenvalue weighted by Crippen LogP contribution is -2.36. The molecule has 1 aromatic rings. The maximum atomic E-state index is 12.0. The van der Waals surface area contributed by atoms with Gasteiger partial charge in [0.1, 0.15) is 5.75 Å². The zero-order valence-corrected chi connectivity index (χ0v) is 14.9. The number of likely N-dealkylation sites (N-methyl/N-ethyl adjacent to an activating group) is 1. The van der Waals surface area contributed by atoms with Crippen LogP contribution in [0.1, 0.15) is 6.42 Å². The molecule has 0 heterocycles. The number of carbonyl (C=O) groups is 1. The minimum absolute atomic E-state index is 0.0831. The number of sulfonamides is 1. The van der Waals surface area contributed by atoms with E-state index in [1.54, 1.807) is 24.3 Å². The Hall–Kier alpha value is -1.80. The first-order chi connectivity index (χ1) is 10.7. The molecule has 0 saturated carbocycles. The molecule has 1 N–H and O–H groups in total. The molecule has 8 heteroatoms. The molecule has 0 aliphatic rings. The Morgan fingerprint density at radius 2 is 1.96 bits per heavy atom. The smallest absolute Gasteiger partial charge is 0.232 e. The number of anilines is 1. The fourth-order valence-corrected chi connectivity index (χ4v) is 2.88. The van der Waals surface area contributed by atoms with Crippen LogP contribution in [0.15, 0.2) is 24.3 Å². The number of amides is 1. The topological polar surface area (TPSA) is 79.0 Å². The Bertz CT molecular complexity index is 617. The van der Waals surface area contributed by atoms with Crippen LogP contribution in [0.5, 0.6) is 5.75 Å². The first kappa shape index (κ1) is 19.2. The lowest BCUT2D eigenvalue weighted by atomic mass is 10.3. The zero-order chi connectivity index (χ0) is 17.5. The minimum atomic E-state index is -3.48. The lowest BCUT2D eigenvalue weighted by Gasteiger charge is -2.22. The molecule has 1 rings (SSSR count). The largest absolute Gasteiger partial charge is 0.497 e. The van der Waals surface area contributed by atoms with E-state index < -0.39 is 10.0 Å². The third-order valence-electron chi connectivity index (χ3n) is 3.16. The van der Waals surface area contributed by atoms with Crippen LogP contribution in [0.25, 0.3) is 0 Å². The van der Waals surface area contributed by atoms with Gasteiger partial charge in [0.2, 0.25) is 15.9 Å². The quantitative estimate of drug-likeness (QED) is 0.707. The summed E-state index contributed by atoms with van der Waals surface area (Å²) in [5.74, 6) is 0.384. The molecule has 0 atom stereocenters. The number of benzene rings is 1. The highest BCUT2D eigenvalue weighted by Gasteiger charge is 2.19. The molecule has 0 bridgehead atoms. The predicted octanol–water partition coefficient (Wildman–Crippen LogP) is 0.529. The number of ether oxygens (including phenoxy) is 1. The van der Waals surface area contributed by atoms with Gasteiger partial charge in [-0.25, -0.2) is 8.42 Å². The highest BCUT2D eigenvalue weighted by molar-refractivity contribution is 7.92. The van der Waals surface area contributed by atoms with Gasteiger partial charge in [-0.1, -0.05) is 6.07 Å². The first-order valence-corrected chi connectivity index (χ1v) is 9.12. The van der Waals surface area contributed by atoms with Crippen LogP contribution in [0.2, 0.25) is 0 Å². The summed E-state index contributed by atoms with van der Waals surface area (Å²) in [5, 5.41) is 2.77. The second-order valence-electron chi connectivity index (χ2n) is 5.44. The van der Waals surface area contributed by atoms with E-state index in [-0.39, 0.29) is 18.9 Å². The van der Waals surface area contributed by atoms with Crippen LogP contribution in [0.4, 0.5) is 5.69 Å². The van der Waals surface area contributed by atoms with Crippen molar-refractivity contribution in [2.75, 3.05) is 51.4 Å². The number of nitrogens with one attached hydrogen (secondary N) is 1. The van der Waals surface area contributed by atoms with Gasteiger partial charge in [0, 0.05) is 32.1 Å². The van der Waals surface area contributed by atoms with Gasteiger partial charge in [-0.05, 0) is 26.2 Å². The molecule has 0 fully saturated rings. The van der Waals surface area contributed by atoms with Crippen molar-refractivity contribution in [1.29, 1.82) is 0 Å². The molecular formula is C15H25N3O4S. The van der Waals surface area contributed by atoms with Crippen LogP contribution >= 0.6 is 0 Å². The van der Waals surface area contributed by atoms with Crippen molar-refractivity contribution in [3.8, 4) is 5.75 Å². The van der Waals surface area contributed by atoms with E-state index in [1.165, 1.54) is 11.4 Å². The van der Waals surface area contributed by atoms with Crippen molar-refractivity contribution in [3.05, 3.63) is 24.3 Å². The average molecular weight is 343 g/mol. The first-order valence-electron chi connectivity index (χ1n) is 7.27. The van der Waals surface area contributed by atoms with Gasteiger partial charge in [-0.2, -0.15) is 0 Å². The molecule has 0 saturated heterocycles. The standard InChI is InChI=1S/C15H25N3O4S/c1-17(2)11-9-16-15(19)8-10-18(23(4,20)21)13-6-5-7-14(12-13)22-3/h5-7,12H,8-11H2,1-4H3,(H,16,19). The Morgan fingerprint density at radius 3 is 2.52 bits per heavy atom. The summed E-state index contributed by atoms with van der Waals surface area (Å²) >= 11 is 0. The zero-order valence-electron chi connectivity index (χ0n) is 14.1. The van der Waals surface area contributed by atoms with E-state index in [0.717, 1.165) is 12.8 Å². The molecule has 0 aliphatic carbocycles. The summed E-state index contributed by atoms with van der Waals surface area (Å²) in [4.78, 5) is 13.8. The second-order valence-corrected chi connectivity index (χ2v) is 7.35. The monoisotopic (exact) mass is 343 g/mol. The van der Waals surface area contributed by atoms with Crippen molar-refractivity contribution in [3.63, 3.8) is 0 Å². The van der Waals surface area contributed by atoms with Gasteiger partial charge in [0.25, 0.3) is 0 Å². The number of hydrogen-bond acceptors (Lipinski definition) is 5.